The minimum Gasteiger partial charge on any atom is -0.454 e. The predicted molar refractivity (Wildman–Crippen MR) is 140 cm³/mol. The number of imidazole rings is 1. The molecule has 36 heavy (non-hydrogen) atoms. The monoisotopic (exact) mass is 483 g/mol. The van der Waals surface area contributed by atoms with Crippen molar-refractivity contribution in [2.75, 3.05) is 0 Å². The molecular weight excluding hydrogens is 456 g/mol. The number of rotatable bonds is 8. The second-order valence-corrected chi connectivity index (χ2v) is 8.98. The first-order valence-electron chi connectivity index (χ1n) is 11.9. The standard InChI is InChI=1S/C30H27F2N3O/c1-4-5-7-20-8-6-9-21(14-20)18(2)28-17-34-30(35-28)24-15-22(10-11-25(24)31)36-29-19(3)23-12-13-33-27(23)16-26(29)32/h4,6,8-18,33H,1,5,7H2,2-3H3,(H,34,35). The van der Waals surface area contributed by atoms with Crippen LogP contribution in [0.4, 0.5) is 8.78 Å². The first kappa shape index (κ1) is 23.5. The molecule has 2 aromatic heterocycles. The topological polar surface area (TPSA) is 53.7 Å². The van der Waals surface area contributed by atoms with Crippen molar-refractivity contribution in [2.24, 2.45) is 0 Å². The summed E-state index contributed by atoms with van der Waals surface area (Å²) in [6.45, 7) is 7.68. The summed E-state index contributed by atoms with van der Waals surface area (Å²) in [5.74, 6) is -0.0598. The molecule has 0 bridgehead atoms. The lowest BCUT2D eigenvalue weighted by Gasteiger charge is -2.13. The van der Waals surface area contributed by atoms with Crippen molar-refractivity contribution >= 4 is 10.9 Å². The Morgan fingerprint density at radius 2 is 1.94 bits per heavy atom. The summed E-state index contributed by atoms with van der Waals surface area (Å²) in [7, 11) is 0. The van der Waals surface area contributed by atoms with Gasteiger partial charge in [0.2, 0.25) is 0 Å². The molecule has 1 unspecified atom stereocenters. The number of ether oxygens (including phenoxy) is 1. The molecule has 2 heterocycles. The quantitative estimate of drug-likeness (QED) is 0.219. The average Bonchev–Trinajstić information content (AvgIpc) is 3.56. The number of fused-ring (bicyclic) bond motifs is 1. The SMILES string of the molecule is C=CCCc1cccc(C(C)c2cnc(-c3cc(Oc4c(F)cc5[nH]ccc5c4C)ccc3F)[nH]2)c1. The van der Waals surface area contributed by atoms with Crippen molar-refractivity contribution in [3.63, 3.8) is 0 Å². The van der Waals surface area contributed by atoms with Crippen molar-refractivity contribution in [1.29, 1.82) is 0 Å². The minimum absolute atomic E-state index is 0.0437. The number of benzene rings is 3. The van der Waals surface area contributed by atoms with Crippen molar-refractivity contribution in [3.05, 3.63) is 114 Å². The van der Waals surface area contributed by atoms with E-state index in [1.54, 1.807) is 25.4 Å². The molecule has 0 aliphatic rings. The summed E-state index contributed by atoms with van der Waals surface area (Å²) in [4.78, 5) is 10.7. The molecule has 5 rings (SSSR count). The molecule has 0 saturated carbocycles. The van der Waals surface area contributed by atoms with E-state index in [1.165, 1.54) is 23.8 Å². The summed E-state index contributed by atoms with van der Waals surface area (Å²) in [5, 5.41) is 0.868. The third-order valence-electron chi connectivity index (χ3n) is 6.57. The van der Waals surface area contributed by atoms with Gasteiger partial charge in [0.1, 0.15) is 17.4 Å². The van der Waals surface area contributed by atoms with Gasteiger partial charge in [0.15, 0.2) is 11.6 Å². The third kappa shape index (κ3) is 4.54. The number of aromatic nitrogens is 3. The van der Waals surface area contributed by atoms with Gasteiger partial charge in [0.25, 0.3) is 0 Å². The number of nitrogens with zero attached hydrogens (tertiary/aromatic N) is 1. The van der Waals surface area contributed by atoms with Crippen LogP contribution in [0.15, 0.2) is 79.6 Å². The summed E-state index contributed by atoms with van der Waals surface area (Å²) in [6.07, 6.45) is 7.26. The molecule has 0 aliphatic heterocycles. The summed E-state index contributed by atoms with van der Waals surface area (Å²) in [5.41, 5.74) is 4.88. The number of aryl methyl sites for hydroxylation is 2. The van der Waals surface area contributed by atoms with Crippen LogP contribution in [0.3, 0.4) is 0 Å². The maximum Gasteiger partial charge on any atom is 0.168 e. The van der Waals surface area contributed by atoms with Crippen LogP contribution in [0.25, 0.3) is 22.3 Å². The first-order chi connectivity index (χ1) is 17.4. The second-order valence-electron chi connectivity index (χ2n) is 8.98. The smallest absolute Gasteiger partial charge is 0.168 e. The van der Waals surface area contributed by atoms with Gasteiger partial charge in [0.05, 0.1) is 5.56 Å². The van der Waals surface area contributed by atoms with Gasteiger partial charge in [0, 0.05) is 46.5 Å². The number of hydrogen-bond acceptors (Lipinski definition) is 2. The Bertz CT molecular complexity index is 1550. The third-order valence-corrected chi connectivity index (χ3v) is 6.57. The Morgan fingerprint density at radius 1 is 1.08 bits per heavy atom. The van der Waals surface area contributed by atoms with Gasteiger partial charge in [-0.05, 0) is 55.2 Å². The zero-order chi connectivity index (χ0) is 25.2. The van der Waals surface area contributed by atoms with Crippen LogP contribution in [0.1, 0.15) is 41.6 Å². The van der Waals surface area contributed by atoms with Crippen LogP contribution in [0.5, 0.6) is 11.5 Å². The van der Waals surface area contributed by atoms with Gasteiger partial charge in [-0.2, -0.15) is 0 Å². The number of nitrogens with one attached hydrogen (secondary N) is 2. The van der Waals surface area contributed by atoms with Gasteiger partial charge in [-0.15, -0.1) is 6.58 Å². The van der Waals surface area contributed by atoms with Crippen LogP contribution in [-0.4, -0.2) is 15.0 Å². The van der Waals surface area contributed by atoms with E-state index in [4.69, 9.17) is 4.74 Å². The molecule has 0 fully saturated rings. The van der Waals surface area contributed by atoms with E-state index in [2.05, 4.69) is 46.7 Å². The number of hydrogen-bond donors (Lipinski definition) is 2. The van der Waals surface area contributed by atoms with Crippen LogP contribution < -0.4 is 4.74 Å². The molecular formula is C30H27F2N3O. The van der Waals surface area contributed by atoms with Gasteiger partial charge in [-0.1, -0.05) is 37.3 Å². The van der Waals surface area contributed by atoms with E-state index in [-0.39, 0.29) is 17.2 Å². The molecule has 6 heteroatoms. The van der Waals surface area contributed by atoms with Crippen LogP contribution in [0.2, 0.25) is 0 Å². The Labute approximate surface area is 208 Å². The number of aromatic amines is 2. The van der Waals surface area contributed by atoms with Crippen molar-refractivity contribution in [3.8, 4) is 22.9 Å². The Balaban J connectivity index is 1.42. The fourth-order valence-corrected chi connectivity index (χ4v) is 4.47. The highest BCUT2D eigenvalue weighted by Gasteiger charge is 2.18. The van der Waals surface area contributed by atoms with E-state index in [9.17, 15) is 8.78 Å². The highest BCUT2D eigenvalue weighted by Crippen LogP contribution is 2.35. The van der Waals surface area contributed by atoms with Crippen LogP contribution in [0, 0.1) is 18.6 Å². The lowest BCUT2D eigenvalue weighted by Crippen LogP contribution is -1.98. The van der Waals surface area contributed by atoms with E-state index < -0.39 is 11.6 Å². The van der Waals surface area contributed by atoms with E-state index >= 15 is 0 Å². The highest BCUT2D eigenvalue weighted by molar-refractivity contribution is 5.85. The molecule has 2 N–H and O–H groups in total. The van der Waals surface area contributed by atoms with Crippen molar-refractivity contribution in [1.82, 2.24) is 15.0 Å². The zero-order valence-corrected chi connectivity index (χ0v) is 20.2. The molecule has 0 aliphatic carbocycles. The van der Waals surface area contributed by atoms with Gasteiger partial charge < -0.3 is 14.7 Å². The van der Waals surface area contributed by atoms with E-state index in [0.717, 1.165) is 29.5 Å². The summed E-state index contributed by atoms with van der Waals surface area (Å²) in [6, 6.07) is 16.0. The maximum atomic E-state index is 14.8. The lowest BCUT2D eigenvalue weighted by atomic mass is 9.95. The minimum atomic E-state index is -0.488. The maximum absolute atomic E-state index is 14.8. The van der Waals surface area contributed by atoms with Gasteiger partial charge >= 0.3 is 0 Å². The normalized spacial score (nSPS) is 12.1. The number of H-pyrrole nitrogens is 2. The molecule has 0 amide bonds. The van der Waals surface area contributed by atoms with Crippen molar-refractivity contribution in [2.45, 2.75) is 32.6 Å². The number of halogens is 2. The first-order valence-corrected chi connectivity index (χ1v) is 11.9. The molecule has 0 saturated heterocycles. The Kier molecular flexibility index (Phi) is 6.42. The Morgan fingerprint density at radius 3 is 2.78 bits per heavy atom. The number of allylic oxidation sites excluding steroid dienone is 1. The van der Waals surface area contributed by atoms with Gasteiger partial charge in [-0.3, -0.25) is 0 Å². The van der Waals surface area contributed by atoms with Crippen molar-refractivity contribution < 1.29 is 13.5 Å². The zero-order valence-electron chi connectivity index (χ0n) is 20.2. The average molecular weight is 484 g/mol. The molecule has 1 atom stereocenters. The van der Waals surface area contributed by atoms with Crippen LogP contribution in [-0.2, 0) is 6.42 Å². The van der Waals surface area contributed by atoms with Crippen LogP contribution >= 0.6 is 0 Å². The fourth-order valence-electron chi connectivity index (χ4n) is 4.47. The molecule has 5 aromatic rings. The summed E-state index contributed by atoms with van der Waals surface area (Å²) >= 11 is 0. The van der Waals surface area contributed by atoms with E-state index in [1.807, 2.05) is 18.2 Å². The van der Waals surface area contributed by atoms with E-state index in [0.29, 0.717) is 22.7 Å². The molecule has 3 aromatic carbocycles. The molecule has 182 valence electrons. The Hall–Kier alpha value is -4.19. The predicted octanol–water partition coefficient (Wildman–Crippen LogP) is 8.21. The fraction of sp³-hybridized carbons (Fsp3) is 0.167. The lowest BCUT2D eigenvalue weighted by molar-refractivity contribution is 0.439. The second kappa shape index (κ2) is 9.82. The summed E-state index contributed by atoms with van der Waals surface area (Å²) < 4.78 is 35.5. The van der Waals surface area contributed by atoms with Gasteiger partial charge in [-0.25, -0.2) is 13.8 Å². The molecule has 0 radical (unpaired) electrons. The largest absolute Gasteiger partial charge is 0.454 e. The molecule has 0 spiro atoms. The highest BCUT2D eigenvalue weighted by atomic mass is 19.1. The molecule has 4 nitrogen and oxygen atoms in total.